The fraction of sp³-hybridized carbons (Fsp3) is 0.625. The summed E-state index contributed by atoms with van der Waals surface area (Å²) in [5.74, 6) is 0.596. The van der Waals surface area contributed by atoms with Crippen LogP contribution < -0.4 is 5.32 Å². The van der Waals surface area contributed by atoms with Crippen LogP contribution in [0.2, 0.25) is 0 Å². The van der Waals surface area contributed by atoms with Crippen LogP contribution in [0.15, 0.2) is 30.3 Å². The van der Waals surface area contributed by atoms with Crippen molar-refractivity contribution < 1.29 is 9.47 Å². The van der Waals surface area contributed by atoms with Crippen LogP contribution in [0.3, 0.4) is 0 Å². The molecule has 0 saturated heterocycles. The first kappa shape index (κ1) is 16.2. The third kappa shape index (κ3) is 6.19. The molecule has 0 radical (unpaired) electrons. The number of rotatable bonds is 10. The number of methoxy groups -OCH3 is 1. The maximum Gasteiger partial charge on any atom is 0.0700 e. The molecule has 3 nitrogen and oxygen atoms in total. The zero-order valence-electron chi connectivity index (χ0n) is 12.4. The molecule has 1 rings (SSSR count). The van der Waals surface area contributed by atoms with Crippen LogP contribution in [0, 0.1) is 5.92 Å². The summed E-state index contributed by atoms with van der Waals surface area (Å²) in [6, 6.07) is 11.0. The van der Waals surface area contributed by atoms with Gasteiger partial charge in [0.05, 0.1) is 13.2 Å². The average molecular weight is 265 g/mol. The van der Waals surface area contributed by atoms with Gasteiger partial charge in [-0.05, 0) is 31.4 Å². The van der Waals surface area contributed by atoms with Crippen molar-refractivity contribution in [3.05, 3.63) is 35.9 Å². The lowest BCUT2D eigenvalue weighted by molar-refractivity contribution is 0.0668. The molecule has 0 amide bonds. The van der Waals surface area contributed by atoms with E-state index in [1.807, 2.05) is 7.05 Å². The fourth-order valence-corrected chi connectivity index (χ4v) is 2.36. The van der Waals surface area contributed by atoms with E-state index in [4.69, 9.17) is 9.47 Å². The van der Waals surface area contributed by atoms with E-state index in [1.165, 1.54) is 5.56 Å². The fourth-order valence-electron chi connectivity index (χ4n) is 2.36. The van der Waals surface area contributed by atoms with Gasteiger partial charge < -0.3 is 14.8 Å². The Morgan fingerprint density at radius 3 is 2.47 bits per heavy atom. The van der Waals surface area contributed by atoms with E-state index < -0.39 is 0 Å². The molecular formula is C16H27NO2. The quantitative estimate of drug-likeness (QED) is 0.660. The lowest BCUT2D eigenvalue weighted by atomic mass is 9.91. The van der Waals surface area contributed by atoms with Gasteiger partial charge in [0.1, 0.15) is 0 Å². The summed E-state index contributed by atoms with van der Waals surface area (Å²) in [5.41, 5.74) is 1.36. The van der Waals surface area contributed by atoms with Gasteiger partial charge in [-0.3, -0.25) is 0 Å². The lowest BCUT2D eigenvalue weighted by Crippen LogP contribution is -2.23. The largest absolute Gasteiger partial charge is 0.382 e. The van der Waals surface area contributed by atoms with Gasteiger partial charge in [-0.1, -0.05) is 37.3 Å². The van der Waals surface area contributed by atoms with Crippen molar-refractivity contribution in [2.75, 3.05) is 34.0 Å². The topological polar surface area (TPSA) is 30.5 Å². The van der Waals surface area contributed by atoms with Crippen molar-refractivity contribution in [1.29, 1.82) is 0 Å². The second-order valence-corrected chi connectivity index (χ2v) is 4.90. The average Bonchev–Trinajstić information content (AvgIpc) is 2.45. The second kappa shape index (κ2) is 9.96. The standard InChI is InChI=1S/C16H27NO2/c1-14(8-7-11-19-13-12-18-3)16(17-2)15-9-5-4-6-10-15/h4-6,9-10,14,16-17H,7-8,11-13H2,1-3H3. The Kier molecular flexibility index (Phi) is 8.47. The summed E-state index contributed by atoms with van der Waals surface area (Å²) < 4.78 is 10.4. The Morgan fingerprint density at radius 1 is 1.11 bits per heavy atom. The van der Waals surface area contributed by atoms with Crippen molar-refractivity contribution in [2.45, 2.75) is 25.8 Å². The molecule has 0 aliphatic carbocycles. The minimum atomic E-state index is 0.417. The molecule has 1 aromatic rings. The van der Waals surface area contributed by atoms with E-state index in [9.17, 15) is 0 Å². The molecule has 0 saturated carbocycles. The molecule has 0 heterocycles. The van der Waals surface area contributed by atoms with Crippen molar-refractivity contribution in [3.8, 4) is 0 Å². The zero-order valence-corrected chi connectivity index (χ0v) is 12.4. The van der Waals surface area contributed by atoms with E-state index in [0.29, 0.717) is 25.2 Å². The minimum absolute atomic E-state index is 0.417. The Hall–Kier alpha value is -0.900. The molecule has 2 atom stereocenters. The maximum absolute atomic E-state index is 5.50. The number of benzene rings is 1. The third-order valence-corrected chi connectivity index (χ3v) is 3.42. The highest BCUT2D eigenvalue weighted by atomic mass is 16.5. The number of hydrogen-bond acceptors (Lipinski definition) is 3. The van der Waals surface area contributed by atoms with Crippen molar-refractivity contribution in [1.82, 2.24) is 5.32 Å². The van der Waals surface area contributed by atoms with E-state index in [0.717, 1.165) is 19.4 Å². The first-order chi connectivity index (χ1) is 9.29. The zero-order chi connectivity index (χ0) is 13.9. The molecule has 1 N–H and O–H groups in total. The van der Waals surface area contributed by atoms with Gasteiger partial charge >= 0.3 is 0 Å². The summed E-state index contributed by atoms with van der Waals surface area (Å²) in [6.07, 6.45) is 2.25. The molecular weight excluding hydrogens is 238 g/mol. The second-order valence-electron chi connectivity index (χ2n) is 4.90. The van der Waals surface area contributed by atoms with Crippen LogP contribution in [0.1, 0.15) is 31.4 Å². The summed E-state index contributed by atoms with van der Waals surface area (Å²) in [6.45, 7) is 4.49. The summed E-state index contributed by atoms with van der Waals surface area (Å²) in [5, 5.41) is 3.42. The van der Waals surface area contributed by atoms with Crippen LogP contribution in [0.5, 0.6) is 0 Å². The van der Waals surface area contributed by atoms with Crippen molar-refractivity contribution >= 4 is 0 Å². The Balaban J connectivity index is 2.28. The minimum Gasteiger partial charge on any atom is -0.382 e. The maximum atomic E-state index is 5.50. The lowest BCUT2D eigenvalue weighted by Gasteiger charge is -2.24. The van der Waals surface area contributed by atoms with Gasteiger partial charge in [0.2, 0.25) is 0 Å². The molecule has 0 bridgehead atoms. The molecule has 108 valence electrons. The molecule has 3 heteroatoms. The van der Waals surface area contributed by atoms with Gasteiger partial charge in [0, 0.05) is 19.8 Å². The van der Waals surface area contributed by atoms with Crippen LogP contribution in [-0.4, -0.2) is 34.0 Å². The number of nitrogens with one attached hydrogen (secondary N) is 1. The number of hydrogen-bond donors (Lipinski definition) is 1. The van der Waals surface area contributed by atoms with Crippen LogP contribution >= 0.6 is 0 Å². The smallest absolute Gasteiger partial charge is 0.0700 e. The van der Waals surface area contributed by atoms with Crippen molar-refractivity contribution in [2.24, 2.45) is 5.92 Å². The highest BCUT2D eigenvalue weighted by Crippen LogP contribution is 2.24. The number of ether oxygens (including phenoxy) is 2. The molecule has 1 aromatic carbocycles. The van der Waals surface area contributed by atoms with E-state index in [-0.39, 0.29) is 0 Å². The molecule has 2 unspecified atom stereocenters. The van der Waals surface area contributed by atoms with Gasteiger partial charge in [-0.15, -0.1) is 0 Å². The molecule has 0 aliphatic heterocycles. The Labute approximate surface area is 117 Å². The third-order valence-electron chi connectivity index (χ3n) is 3.42. The van der Waals surface area contributed by atoms with E-state index in [2.05, 4.69) is 42.6 Å². The summed E-state index contributed by atoms with van der Waals surface area (Å²) >= 11 is 0. The van der Waals surface area contributed by atoms with Crippen LogP contribution in [-0.2, 0) is 9.47 Å². The van der Waals surface area contributed by atoms with Gasteiger partial charge in [-0.25, -0.2) is 0 Å². The molecule has 0 fully saturated rings. The predicted octanol–water partition coefficient (Wildman–Crippen LogP) is 3.03. The monoisotopic (exact) mass is 265 g/mol. The van der Waals surface area contributed by atoms with Gasteiger partial charge in [0.25, 0.3) is 0 Å². The first-order valence-corrected chi connectivity index (χ1v) is 7.08. The predicted molar refractivity (Wildman–Crippen MR) is 79.3 cm³/mol. The Bertz CT molecular complexity index is 316. The molecule has 0 aliphatic rings. The van der Waals surface area contributed by atoms with Gasteiger partial charge in [-0.2, -0.15) is 0 Å². The Morgan fingerprint density at radius 2 is 1.84 bits per heavy atom. The highest BCUT2D eigenvalue weighted by Gasteiger charge is 2.16. The SMILES string of the molecule is CNC(c1ccccc1)C(C)CCCOCCOC. The van der Waals surface area contributed by atoms with E-state index in [1.54, 1.807) is 7.11 Å². The van der Waals surface area contributed by atoms with Crippen LogP contribution in [0.25, 0.3) is 0 Å². The van der Waals surface area contributed by atoms with E-state index >= 15 is 0 Å². The van der Waals surface area contributed by atoms with Crippen molar-refractivity contribution in [3.63, 3.8) is 0 Å². The van der Waals surface area contributed by atoms with Gasteiger partial charge in [0.15, 0.2) is 0 Å². The molecule has 0 aromatic heterocycles. The first-order valence-electron chi connectivity index (χ1n) is 7.08. The summed E-state index contributed by atoms with van der Waals surface area (Å²) in [7, 11) is 3.73. The van der Waals surface area contributed by atoms with Crippen LogP contribution in [0.4, 0.5) is 0 Å². The molecule has 0 spiro atoms. The highest BCUT2D eigenvalue weighted by molar-refractivity contribution is 5.19. The summed E-state index contributed by atoms with van der Waals surface area (Å²) in [4.78, 5) is 0. The molecule has 19 heavy (non-hydrogen) atoms. The normalized spacial score (nSPS) is 14.3.